The smallest absolute Gasteiger partial charge is 0.351 e. The number of unbranched alkanes of at least 4 members (excludes halogenated alkanes) is 1. The van der Waals surface area contributed by atoms with Crippen molar-refractivity contribution in [3.05, 3.63) is 29.4 Å². The maximum Gasteiger partial charge on any atom is 0.351 e. The first kappa shape index (κ1) is 68.2. The molecular weight excluding hydrogens is 1080 g/mol. The number of hydrogen-bond acceptors (Lipinski definition) is 22. The van der Waals surface area contributed by atoms with Crippen molar-refractivity contribution in [2.75, 3.05) is 39.2 Å². The van der Waals surface area contributed by atoms with Gasteiger partial charge in [-0.1, -0.05) is 46.2 Å². The fraction of sp³-hybridized carbons (Fsp3) is 0.704. The number of nitrogens with two attached hydrogens (primary N) is 3. The van der Waals surface area contributed by atoms with Gasteiger partial charge in [0.1, 0.15) is 40.4 Å². The number of Topliss-reactive ketones (excluding diaryl/α,β-unsaturated/α-hetero) is 1. The molecule has 2 aromatic rings. The normalized spacial score (nSPS) is 32.3. The third-order valence-electron chi connectivity index (χ3n) is 14.7. The van der Waals surface area contributed by atoms with Crippen LogP contribution in [0.5, 0.6) is 0 Å². The van der Waals surface area contributed by atoms with E-state index in [1.165, 1.54) is 25.2 Å². The van der Waals surface area contributed by atoms with E-state index in [0.29, 0.717) is 47.2 Å². The van der Waals surface area contributed by atoms with Crippen molar-refractivity contribution in [1.29, 1.82) is 0 Å². The molecule has 454 valence electrons. The summed E-state index contributed by atoms with van der Waals surface area (Å²) in [5, 5.41) is 49.8. The number of amides is 2. The van der Waals surface area contributed by atoms with Crippen molar-refractivity contribution < 1.29 is 82.1 Å². The standard InChI is InChI=1S/C50H77FN8O12S.C4H7NO4/c1-12-36-50(9,65)43-29(5)39(57-38(60)13-2)27(3)21-48(7,42(30(6)41(62)49(8,51)47(64)70-36)71-46-40(61)35(59(10)11)20-28(4)69-46)67-24-33(23-66-43)58-68-25-32-18-17-31(22-54-32)45-56-37(26-72-45)55-44(63)34(53)16-14-15-19-52;5-2(4(8)9)1-3(6)7/h17-18,22,26-30,34-36,40,42-43,46,61,65H,12-16,19-21,23-25,52-53H2,1-11H3,(H,55,63);2H,1,5H2,(H,6,7)(H,8,9)/b57-39?,58-33+;/t27-,28-,29+,30+,34+,35+,36-,40-,42-,43+,46+,48-,49+,50-;/m1./s1. The van der Waals surface area contributed by atoms with Crippen LogP contribution in [0.15, 0.2) is 33.9 Å². The first-order chi connectivity index (χ1) is 37.9. The number of carbonyl (C=O) groups excluding carboxylic acids is 4. The lowest BCUT2D eigenvalue weighted by Crippen LogP contribution is -2.61. The molecule has 25 nitrogen and oxygen atoms in total. The SMILES string of the molecule is CCC(=O)N=C1[C@H](C)C[C@@]2(C)OC/C(=N/OCc3ccc(-c4nc(NC(=O)[C@@H](N)CCCCN)cs4)cn3)CO[C@@H]([C@H]1C)[C@](C)(O)[C@@H](CC)OC(=O)[C@@](C)(F)C(=O)[C@H](C)[C@H]2O[C@@H]1O[C@H](C)C[C@H](N(C)C)[C@H]1O.NC(CC(=O)O)C(=O)O. The Kier molecular flexibility index (Phi) is 25.5. The highest BCUT2D eigenvalue weighted by atomic mass is 32.1. The van der Waals surface area contributed by atoms with Gasteiger partial charge in [0.15, 0.2) is 18.7 Å². The van der Waals surface area contributed by atoms with Gasteiger partial charge in [-0.15, -0.1) is 11.3 Å². The Morgan fingerprint density at radius 1 is 1.02 bits per heavy atom. The summed E-state index contributed by atoms with van der Waals surface area (Å²) in [5.74, 6) is -8.62. The van der Waals surface area contributed by atoms with Crippen molar-refractivity contribution in [2.24, 2.45) is 45.1 Å². The molecule has 2 aromatic heterocycles. The number of nitrogens with zero attached hydrogens (tertiary/aromatic N) is 5. The molecule has 2 amide bonds. The number of aliphatic hydroxyl groups is 2. The van der Waals surface area contributed by atoms with Crippen molar-refractivity contribution in [3.63, 3.8) is 0 Å². The van der Waals surface area contributed by atoms with Gasteiger partial charge in [0.05, 0.1) is 55.3 Å². The summed E-state index contributed by atoms with van der Waals surface area (Å²) in [6.45, 7) is 13.7. The Morgan fingerprint density at radius 2 is 1.72 bits per heavy atom. The number of oxime groups is 1. The molecular formula is C54H84FN9O16S. The molecule has 0 spiro atoms. The lowest BCUT2D eigenvalue weighted by molar-refractivity contribution is -0.296. The van der Waals surface area contributed by atoms with Crippen LogP contribution in [0.2, 0.25) is 0 Å². The number of halogens is 1. The predicted molar refractivity (Wildman–Crippen MR) is 297 cm³/mol. The molecule has 1 unspecified atom stereocenters. The number of thiazole rings is 1. The van der Waals surface area contributed by atoms with Crippen LogP contribution in [-0.2, 0) is 63.9 Å². The molecule has 27 heteroatoms. The molecule has 3 aliphatic heterocycles. The summed E-state index contributed by atoms with van der Waals surface area (Å²) in [7, 11) is 3.62. The molecule has 0 aromatic carbocycles. The highest BCUT2D eigenvalue weighted by molar-refractivity contribution is 7.13. The highest BCUT2D eigenvalue weighted by Crippen LogP contribution is 2.41. The Hall–Kier alpha value is -5.33. The van der Waals surface area contributed by atoms with Gasteiger partial charge in [0.2, 0.25) is 11.8 Å². The molecule has 15 atom stereocenters. The van der Waals surface area contributed by atoms with Crippen LogP contribution < -0.4 is 22.5 Å². The zero-order valence-corrected chi connectivity index (χ0v) is 49.0. The van der Waals surface area contributed by atoms with Gasteiger partial charge >= 0.3 is 17.9 Å². The van der Waals surface area contributed by atoms with E-state index in [-0.39, 0.29) is 50.7 Å². The third-order valence-corrected chi connectivity index (χ3v) is 15.6. The minimum absolute atomic E-state index is 0.0232. The number of fused-ring (bicyclic) bond motifs is 5. The number of esters is 1. The Balaban J connectivity index is 0.00000144. The van der Waals surface area contributed by atoms with E-state index in [4.69, 9.17) is 55.9 Å². The van der Waals surface area contributed by atoms with Crippen LogP contribution >= 0.6 is 11.3 Å². The molecule has 0 radical (unpaired) electrons. The number of aliphatic imine (C=N–C) groups is 1. The number of pyridine rings is 1. The number of aliphatic carboxylic acids is 2. The minimum atomic E-state index is -3.25. The first-order valence-corrected chi connectivity index (χ1v) is 28.0. The summed E-state index contributed by atoms with van der Waals surface area (Å²) in [4.78, 5) is 95.4. The summed E-state index contributed by atoms with van der Waals surface area (Å²) in [5.41, 5.74) is 11.2. The number of carboxylic acids is 2. The zero-order valence-electron chi connectivity index (χ0n) is 48.2. The maximum absolute atomic E-state index is 17.0. The van der Waals surface area contributed by atoms with Crippen LogP contribution in [0.25, 0.3) is 10.6 Å². The van der Waals surface area contributed by atoms with Gasteiger partial charge in [0.25, 0.3) is 5.67 Å². The average molecular weight is 1170 g/mol. The molecule has 3 saturated heterocycles. The summed E-state index contributed by atoms with van der Waals surface area (Å²) in [6.07, 6.45) is -3.57. The fourth-order valence-corrected chi connectivity index (χ4v) is 10.8. The lowest BCUT2D eigenvalue weighted by atomic mass is 9.73. The molecule has 0 aliphatic carbocycles. The number of alkyl halides is 1. The molecule has 11 N–H and O–H groups in total. The Morgan fingerprint density at radius 3 is 2.30 bits per heavy atom. The molecule has 5 rings (SSSR count). The number of carboxylic acid groups (broad SMARTS) is 2. The van der Waals surface area contributed by atoms with Crippen LogP contribution in [0.1, 0.15) is 119 Å². The van der Waals surface area contributed by atoms with Crippen LogP contribution in [0, 0.1) is 17.8 Å². The van der Waals surface area contributed by atoms with E-state index in [1.54, 1.807) is 51.4 Å². The summed E-state index contributed by atoms with van der Waals surface area (Å²) < 4.78 is 49.1. The van der Waals surface area contributed by atoms with Gasteiger partial charge < -0.3 is 76.4 Å². The topological polar surface area (TPSA) is 383 Å². The van der Waals surface area contributed by atoms with Gasteiger partial charge in [-0.3, -0.25) is 29.0 Å². The minimum Gasteiger partial charge on any atom is -0.481 e. The molecule has 81 heavy (non-hydrogen) atoms. The Labute approximate surface area is 475 Å². The van der Waals surface area contributed by atoms with E-state index < -0.39 is 126 Å². The van der Waals surface area contributed by atoms with Crippen molar-refractivity contribution in [2.45, 2.75) is 192 Å². The summed E-state index contributed by atoms with van der Waals surface area (Å²) in [6, 6.07) is 1.12. The number of aromatic nitrogens is 2. The predicted octanol–water partition coefficient (Wildman–Crippen LogP) is 3.39. The van der Waals surface area contributed by atoms with E-state index in [1.807, 2.05) is 32.8 Å². The van der Waals surface area contributed by atoms with Crippen LogP contribution in [0.4, 0.5) is 10.2 Å². The summed E-state index contributed by atoms with van der Waals surface area (Å²) >= 11 is 1.32. The lowest BCUT2D eigenvalue weighted by Gasteiger charge is -2.47. The van der Waals surface area contributed by atoms with Crippen molar-refractivity contribution in [3.8, 4) is 10.6 Å². The van der Waals surface area contributed by atoms with E-state index in [0.717, 1.165) is 19.8 Å². The number of carbonyl (C=O) groups is 6. The molecule has 5 heterocycles. The number of nitrogens with one attached hydrogen (secondary N) is 1. The number of anilines is 1. The molecule has 2 bridgehead atoms. The molecule has 0 saturated carbocycles. The molecule has 3 fully saturated rings. The van der Waals surface area contributed by atoms with Crippen LogP contribution in [0.3, 0.4) is 0 Å². The molecule has 3 aliphatic rings. The number of cyclic esters (lactones) is 1. The van der Waals surface area contributed by atoms with Gasteiger partial charge in [-0.2, -0.15) is 0 Å². The maximum atomic E-state index is 17.0. The van der Waals surface area contributed by atoms with E-state index >= 15 is 4.39 Å². The van der Waals surface area contributed by atoms with Gasteiger partial charge in [0, 0.05) is 47.2 Å². The second-order valence-electron chi connectivity index (χ2n) is 21.8. The number of rotatable bonds is 18. The second-order valence-corrected chi connectivity index (χ2v) is 22.6. The average Bonchev–Trinajstić information content (AvgIpc) is 4.03. The Bertz CT molecular complexity index is 2520. The quantitative estimate of drug-likeness (QED) is 0.0459. The van der Waals surface area contributed by atoms with E-state index in [9.17, 15) is 39.0 Å². The van der Waals surface area contributed by atoms with Gasteiger partial charge in [-0.05, 0) is 98.5 Å². The van der Waals surface area contributed by atoms with Crippen LogP contribution in [-0.4, -0.2) is 188 Å². The number of hydrogen-bond donors (Lipinski definition) is 8. The zero-order chi connectivity index (χ0) is 60.7. The van der Waals surface area contributed by atoms with Crippen molar-refractivity contribution in [1.82, 2.24) is 14.9 Å². The number of likely N-dealkylation sites (N-methyl/N-ethyl adjacent to an activating group) is 1. The van der Waals surface area contributed by atoms with Crippen molar-refractivity contribution >= 4 is 64.1 Å². The fourth-order valence-electron chi connectivity index (χ4n) is 10.1. The second kappa shape index (κ2) is 30.3. The number of ketones is 1. The van der Waals surface area contributed by atoms with Gasteiger partial charge in [-0.25, -0.2) is 19.2 Å². The number of aliphatic hydroxyl groups excluding tert-OH is 1. The highest BCUT2D eigenvalue weighted by Gasteiger charge is 2.57. The largest absolute Gasteiger partial charge is 0.481 e. The first-order valence-electron chi connectivity index (χ1n) is 27.2. The monoisotopic (exact) mass is 1170 g/mol. The number of ether oxygens (including phenoxy) is 5. The van der Waals surface area contributed by atoms with E-state index in [2.05, 4.69) is 25.4 Å². The third kappa shape index (κ3) is 18.3.